The first kappa shape index (κ1) is 27.1. The van der Waals surface area contributed by atoms with Crippen LogP contribution in [0, 0.1) is 11.7 Å². The Morgan fingerprint density at radius 1 is 0.929 bits per heavy atom. The fourth-order valence-corrected chi connectivity index (χ4v) is 5.68. The Morgan fingerprint density at radius 3 is 2.40 bits per heavy atom. The SMILES string of the molecule is O=C(Nc1cccc(-c2nnn[nH]2)c1)NC1C(=O)N(CCC2CCCC2)c2ccccc2N(c2ccccc2F)C1=O. The molecular weight excluding hydrogens is 539 g/mol. The number of aromatic nitrogens is 4. The maximum atomic E-state index is 15.1. The highest BCUT2D eigenvalue weighted by atomic mass is 19.1. The normalized spacial score (nSPS) is 17.2. The first-order chi connectivity index (χ1) is 20.5. The molecule has 214 valence electrons. The van der Waals surface area contributed by atoms with Crippen LogP contribution in [0.25, 0.3) is 11.4 Å². The number of rotatable bonds is 7. The second-order valence-corrected chi connectivity index (χ2v) is 10.4. The summed E-state index contributed by atoms with van der Waals surface area (Å²) in [7, 11) is 0. The predicted molar refractivity (Wildman–Crippen MR) is 154 cm³/mol. The number of halogens is 1. The predicted octanol–water partition coefficient (Wildman–Crippen LogP) is 4.79. The van der Waals surface area contributed by atoms with Gasteiger partial charge in [-0.2, -0.15) is 0 Å². The van der Waals surface area contributed by atoms with Gasteiger partial charge in [-0.1, -0.05) is 62.1 Å². The van der Waals surface area contributed by atoms with Crippen molar-refractivity contribution in [3.8, 4) is 11.4 Å². The van der Waals surface area contributed by atoms with E-state index in [2.05, 4.69) is 31.3 Å². The number of carbonyl (C=O) groups is 3. The largest absolute Gasteiger partial charge is 0.320 e. The molecule has 2 aliphatic rings. The molecule has 6 rings (SSSR count). The lowest BCUT2D eigenvalue weighted by atomic mass is 10.0. The zero-order valence-corrected chi connectivity index (χ0v) is 22.7. The van der Waals surface area contributed by atoms with E-state index in [-0.39, 0.29) is 5.69 Å². The molecule has 12 heteroatoms. The third-order valence-electron chi connectivity index (χ3n) is 7.74. The van der Waals surface area contributed by atoms with Gasteiger partial charge in [0.25, 0.3) is 11.8 Å². The van der Waals surface area contributed by atoms with E-state index >= 15 is 4.39 Å². The van der Waals surface area contributed by atoms with Crippen LogP contribution in [0.1, 0.15) is 32.1 Å². The van der Waals surface area contributed by atoms with Crippen LogP contribution in [-0.2, 0) is 9.59 Å². The molecule has 2 heterocycles. The first-order valence-electron chi connectivity index (χ1n) is 13.9. The summed E-state index contributed by atoms with van der Waals surface area (Å²) >= 11 is 0. The molecule has 3 N–H and O–H groups in total. The molecule has 0 saturated heterocycles. The van der Waals surface area contributed by atoms with E-state index in [1.54, 1.807) is 59.5 Å². The molecule has 1 fully saturated rings. The standard InChI is InChI=1S/C30H29FN8O3/c31-22-12-3-4-13-23(22)39-25-15-6-5-14-24(25)38(17-16-19-8-1-2-9-19)28(40)26(29(39)41)33-30(42)32-21-11-7-10-20(18-21)27-34-36-37-35-27/h3-7,10-15,18-19,26H,1-2,8-9,16-17H2,(H2,32,33,42)(H,34,35,36,37). The summed E-state index contributed by atoms with van der Waals surface area (Å²) in [6, 6.07) is 17.2. The van der Waals surface area contributed by atoms with Crippen molar-refractivity contribution in [2.75, 3.05) is 21.7 Å². The minimum Gasteiger partial charge on any atom is -0.318 e. The van der Waals surface area contributed by atoms with Crippen LogP contribution in [0.4, 0.5) is 31.9 Å². The highest BCUT2D eigenvalue weighted by Gasteiger charge is 2.42. The Labute approximate surface area is 241 Å². The van der Waals surface area contributed by atoms with Gasteiger partial charge in [0, 0.05) is 17.8 Å². The van der Waals surface area contributed by atoms with E-state index in [0.29, 0.717) is 40.9 Å². The van der Waals surface area contributed by atoms with Crippen LogP contribution in [0.2, 0.25) is 0 Å². The number of para-hydroxylation sites is 3. The molecule has 1 aliphatic heterocycles. The van der Waals surface area contributed by atoms with E-state index in [0.717, 1.165) is 32.1 Å². The first-order valence-corrected chi connectivity index (χ1v) is 13.9. The van der Waals surface area contributed by atoms with Crippen molar-refractivity contribution < 1.29 is 18.8 Å². The molecule has 0 radical (unpaired) electrons. The zero-order chi connectivity index (χ0) is 29.1. The topological polar surface area (TPSA) is 136 Å². The lowest BCUT2D eigenvalue weighted by Crippen LogP contribution is -2.56. The van der Waals surface area contributed by atoms with Gasteiger partial charge in [-0.15, -0.1) is 5.10 Å². The number of aromatic amines is 1. The third-order valence-corrected chi connectivity index (χ3v) is 7.74. The zero-order valence-electron chi connectivity index (χ0n) is 22.7. The number of urea groups is 1. The van der Waals surface area contributed by atoms with Crippen molar-refractivity contribution in [2.24, 2.45) is 5.92 Å². The van der Waals surface area contributed by atoms with Gasteiger partial charge >= 0.3 is 6.03 Å². The van der Waals surface area contributed by atoms with Gasteiger partial charge in [-0.25, -0.2) is 14.3 Å². The number of anilines is 4. The van der Waals surface area contributed by atoms with Gasteiger partial charge in [0.05, 0.1) is 17.1 Å². The Balaban J connectivity index is 1.33. The molecular formula is C30H29FN8O3. The number of nitrogens with one attached hydrogen (secondary N) is 3. The van der Waals surface area contributed by atoms with Crippen LogP contribution in [-0.4, -0.2) is 51.1 Å². The summed E-state index contributed by atoms with van der Waals surface area (Å²) in [4.78, 5) is 44.2. The highest BCUT2D eigenvalue weighted by Crippen LogP contribution is 2.39. The number of tetrazole rings is 1. The number of benzene rings is 3. The van der Waals surface area contributed by atoms with Crippen molar-refractivity contribution in [3.63, 3.8) is 0 Å². The van der Waals surface area contributed by atoms with Crippen LogP contribution in [0.15, 0.2) is 72.8 Å². The smallest absolute Gasteiger partial charge is 0.318 e. The summed E-state index contributed by atoms with van der Waals surface area (Å²) in [5.41, 5.74) is 1.85. The summed E-state index contributed by atoms with van der Waals surface area (Å²) in [5, 5.41) is 18.9. The molecule has 1 saturated carbocycles. The maximum absolute atomic E-state index is 15.1. The molecule has 1 atom stereocenters. The van der Waals surface area contributed by atoms with E-state index < -0.39 is 29.7 Å². The molecule has 4 amide bonds. The van der Waals surface area contributed by atoms with Gasteiger partial charge in [0.15, 0.2) is 11.9 Å². The molecule has 42 heavy (non-hydrogen) atoms. The van der Waals surface area contributed by atoms with E-state index in [4.69, 9.17) is 0 Å². The molecule has 0 bridgehead atoms. The maximum Gasteiger partial charge on any atom is 0.320 e. The van der Waals surface area contributed by atoms with Crippen LogP contribution in [0.5, 0.6) is 0 Å². The highest BCUT2D eigenvalue weighted by molar-refractivity contribution is 6.24. The summed E-state index contributed by atoms with van der Waals surface area (Å²) in [5.74, 6) is -1.09. The quantitative estimate of drug-likeness (QED) is 0.274. The molecule has 3 aromatic carbocycles. The number of nitrogens with zero attached hydrogens (tertiary/aromatic N) is 5. The summed E-state index contributed by atoms with van der Waals surface area (Å²) < 4.78 is 15.1. The number of H-pyrrole nitrogens is 1. The summed E-state index contributed by atoms with van der Waals surface area (Å²) in [6.45, 7) is 0.367. The minimum absolute atomic E-state index is 0.0130. The van der Waals surface area contributed by atoms with Crippen molar-refractivity contribution in [1.29, 1.82) is 0 Å². The second-order valence-electron chi connectivity index (χ2n) is 10.4. The number of carbonyl (C=O) groups excluding carboxylic acids is 3. The second kappa shape index (κ2) is 11.8. The monoisotopic (exact) mass is 568 g/mol. The van der Waals surface area contributed by atoms with Crippen LogP contribution < -0.4 is 20.4 Å². The molecule has 11 nitrogen and oxygen atoms in total. The van der Waals surface area contributed by atoms with Gasteiger partial charge < -0.3 is 15.5 Å². The fraction of sp³-hybridized carbons (Fsp3) is 0.267. The lowest BCUT2D eigenvalue weighted by molar-refractivity contribution is -0.128. The Hall–Kier alpha value is -5.13. The average Bonchev–Trinajstić information content (AvgIpc) is 3.72. The van der Waals surface area contributed by atoms with Crippen molar-refractivity contribution in [1.82, 2.24) is 25.9 Å². The fourth-order valence-electron chi connectivity index (χ4n) is 5.68. The Bertz CT molecular complexity index is 1610. The average molecular weight is 569 g/mol. The molecule has 4 aromatic rings. The number of hydrogen-bond donors (Lipinski definition) is 3. The van der Waals surface area contributed by atoms with E-state index in [1.165, 1.54) is 23.1 Å². The van der Waals surface area contributed by atoms with Gasteiger partial charge in [0.2, 0.25) is 0 Å². The molecule has 1 aromatic heterocycles. The van der Waals surface area contributed by atoms with Crippen molar-refractivity contribution in [2.45, 2.75) is 38.1 Å². The molecule has 1 aliphatic carbocycles. The van der Waals surface area contributed by atoms with Gasteiger partial charge in [0.1, 0.15) is 5.82 Å². The van der Waals surface area contributed by atoms with E-state index in [9.17, 15) is 14.4 Å². The molecule has 1 unspecified atom stereocenters. The van der Waals surface area contributed by atoms with Crippen LogP contribution >= 0.6 is 0 Å². The Kier molecular flexibility index (Phi) is 7.58. The minimum atomic E-state index is -1.61. The number of amides is 4. The summed E-state index contributed by atoms with van der Waals surface area (Å²) in [6.07, 6.45) is 5.27. The lowest BCUT2D eigenvalue weighted by Gasteiger charge is -2.26. The number of hydrogen-bond acceptors (Lipinski definition) is 6. The third kappa shape index (κ3) is 5.42. The van der Waals surface area contributed by atoms with Crippen LogP contribution in [0.3, 0.4) is 0 Å². The molecule has 0 spiro atoms. The van der Waals surface area contributed by atoms with Gasteiger partial charge in [-0.05, 0) is 59.2 Å². The van der Waals surface area contributed by atoms with Crippen molar-refractivity contribution in [3.05, 3.63) is 78.6 Å². The van der Waals surface area contributed by atoms with E-state index in [1.807, 2.05) is 0 Å². The Morgan fingerprint density at radius 2 is 1.67 bits per heavy atom. The van der Waals surface area contributed by atoms with Gasteiger partial charge in [-0.3, -0.25) is 14.5 Å². The van der Waals surface area contributed by atoms with Crippen molar-refractivity contribution >= 4 is 40.6 Å². The number of fused-ring (bicyclic) bond motifs is 1.